The first-order chi connectivity index (χ1) is 10.2. The fourth-order valence-electron chi connectivity index (χ4n) is 1.85. The van der Waals surface area contributed by atoms with E-state index in [0.717, 1.165) is 20.4 Å². The smallest absolute Gasteiger partial charge is 0.243 e. The minimum Gasteiger partial charge on any atom is -0.360 e. The molecule has 0 fully saturated rings. The van der Waals surface area contributed by atoms with Crippen LogP contribution in [-0.4, -0.2) is 22.4 Å². The van der Waals surface area contributed by atoms with Crippen LogP contribution in [0.4, 0.5) is 11.5 Å². The lowest BCUT2D eigenvalue weighted by Crippen LogP contribution is -2.22. The molecule has 0 bridgehead atoms. The highest BCUT2D eigenvalue weighted by Gasteiger charge is 2.08. The monoisotopic (exact) mass is 362 g/mol. The number of aromatic nitrogens is 2. The highest BCUT2D eigenvalue weighted by Crippen LogP contribution is 2.24. The zero-order valence-electron chi connectivity index (χ0n) is 10.8. The summed E-state index contributed by atoms with van der Waals surface area (Å²) in [6.45, 7) is 0.142. The minimum absolute atomic E-state index is 0.135. The van der Waals surface area contributed by atoms with Gasteiger partial charge in [0.25, 0.3) is 0 Å². The Bertz CT molecular complexity index is 789. The number of nitrogens with zero attached hydrogens (tertiary/aromatic N) is 2. The maximum atomic E-state index is 12.0. The number of thiophene rings is 1. The van der Waals surface area contributed by atoms with Gasteiger partial charge < -0.3 is 10.6 Å². The zero-order chi connectivity index (χ0) is 14.7. The highest BCUT2D eigenvalue weighted by atomic mass is 79.9. The van der Waals surface area contributed by atoms with Gasteiger partial charge in [-0.05, 0) is 39.5 Å². The van der Waals surface area contributed by atoms with Crippen molar-refractivity contribution in [3.8, 4) is 0 Å². The summed E-state index contributed by atoms with van der Waals surface area (Å²) in [6.07, 6.45) is 1.49. The Kier molecular flexibility index (Phi) is 4.12. The van der Waals surface area contributed by atoms with Crippen molar-refractivity contribution in [1.82, 2.24) is 9.97 Å². The van der Waals surface area contributed by atoms with Gasteiger partial charge in [-0.25, -0.2) is 9.97 Å². The molecule has 21 heavy (non-hydrogen) atoms. The van der Waals surface area contributed by atoms with E-state index in [1.807, 2.05) is 35.7 Å². The number of carbonyl (C=O) groups excluding carboxylic acids is 1. The summed E-state index contributed by atoms with van der Waals surface area (Å²) in [5, 5.41) is 8.75. The van der Waals surface area contributed by atoms with Gasteiger partial charge in [-0.15, -0.1) is 11.3 Å². The second-order valence-electron chi connectivity index (χ2n) is 4.24. The molecule has 1 amide bonds. The van der Waals surface area contributed by atoms with E-state index >= 15 is 0 Å². The molecule has 0 unspecified atom stereocenters. The van der Waals surface area contributed by atoms with Gasteiger partial charge in [0.05, 0.1) is 17.6 Å². The van der Waals surface area contributed by atoms with E-state index in [2.05, 4.69) is 36.5 Å². The third-order valence-electron chi connectivity index (χ3n) is 2.83. The first kappa shape index (κ1) is 14.0. The third-order valence-corrected chi connectivity index (χ3v) is 4.34. The first-order valence-corrected chi connectivity index (χ1v) is 7.88. The van der Waals surface area contributed by atoms with Crippen molar-refractivity contribution < 1.29 is 4.79 Å². The molecule has 1 aromatic carbocycles. The van der Waals surface area contributed by atoms with Crippen LogP contribution in [0.2, 0.25) is 0 Å². The number of fused-ring (bicyclic) bond motifs is 1. The Labute approximate surface area is 133 Å². The molecular weight excluding hydrogens is 352 g/mol. The van der Waals surface area contributed by atoms with Crippen LogP contribution < -0.4 is 10.6 Å². The summed E-state index contributed by atoms with van der Waals surface area (Å²) >= 11 is 4.94. The van der Waals surface area contributed by atoms with Gasteiger partial charge in [0, 0.05) is 4.47 Å². The van der Waals surface area contributed by atoms with E-state index in [1.165, 1.54) is 6.33 Å². The van der Waals surface area contributed by atoms with Crippen LogP contribution in [0.5, 0.6) is 0 Å². The summed E-state index contributed by atoms with van der Waals surface area (Å²) in [5.74, 6) is 0.535. The zero-order valence-corrected chi connectivity index (χ0v) is 13.2. The molecule has 0 saturated carbocycles. The van der Waals surface area contributed by atoms with Crippen LogP contribution in [0.25, 0.3) is 10.2 Å². The summed E-state index contributed by atoms with van der Waals surface area (Å²) < 4.78 is 0.848. The predicted octanol–water partition coefficient (Wildman–Crippen LogP) is 3.50. The summed E-state index contributed by atoms with van der Waals surface area (Å²) in [5.41, 5.74) is 0.743. The van der Waals surface area contributed by atoms with E-state index in [0.29, 0.717) is 5.82 Å². The Balaban J connectivity index is 1.66. The number of halogens is 1. The molecule has 3 aromatic rings. The fourth-order valence-corrected chi connectivity index (χ4v) is 2.97. The van der Waals surface area contributed by atoms with Gasteiger partial charge in [-0.1, -0.05) is 12.1 Å². The average molecular weight is 363 g/mol. The van der Waals surface area contributed by atoms with Crippen LogP contribution in [0.3, 0.4) is 0 Å². The van der Waals surface area contributed by atoms with Crippen LogP contribution >= 0.6 is 27.3 Å². The van der Waals surface area contributed by atoms with Crippen LogP contribution in [-0.2, 0) is 4.79 Å². The highest BCUT2D eigenvalue weighted by molar-refractivity contribution is 9.10. The normalized spacial score (nSPS) is 10.5. The van der Waals surface area contributed by atoms with E-state index in [9.17, 15) is 4.79 Å². The standard InChI is InChI=1S/C14H11BrN4OS/c15-10-3-1-2-4-11(10)19-12(20)7-16-13-9-5-6-21-14(9)18-8-17-13/h1-6,8H,7H2,(H,19,20)(H,16,17,18). The average Bonchev–Trinajstić information content (AvgIpc) is 2.96. The summed E-state index contributed by atoms with van der Waals surface area (Å²) in [7, 11) is 0. The number of hydrogen-bond donors (Lipinski definition) is 2. The Morgan fingerprint density at radius 3 is 2.95 bits per heavy atom. The van der Waals surface area contributed by atoms with Crippen LogP contribution in [0, 0.1) is 0 Å². The largest absolute Gasteiger partial charge is 0.360 e. The van der Waals surface area contributed by atoms with E-state index < -0.39 is 0 Å². The van der Waals surface area contributed by atoms with Gasteiger partial charge in [-0.2, -0.15) is 0 Å². The van der Waals surface area contributed by atoms with E-state index in [1.54, 1.807) is 11.3 Å². The minimum atomic E-state index is -0.135. The number of rotatable bonds is 4. The van der Waals surface area contributed by atoms with Crippen molar-refractivity contribution in [3.05, 3.63) is 46.5 Å². The molecule has 0 atom stereocenters. The molecule has 0 spiro atoms. The van der Waals surface area contributed by atoms with Crippen LogP contribution in [0.15, 0.2) is 46.5 Å². The number of nitrogens with one attached hydrogen (secondary N) is 2. The Morgan fingerprint density at radius 1 is 1.24 bits per heavy atom. The van der Waals surface area contributed by atoms with Gasteiger partial charge in [0.2, 0.25) is 5.91 Å². The van der Waals surface area contributed by atoms with Crippen LogP contribution in [0.1, 0.15) is 0 Å². The van der Waals surface area contributed by atoms with Gasteiger partial charge in [-0.3, -0.25) is 4.79 Å². The Morgan fingerprint density at radius 2 is 2.10 bits per heavy atom. The molecule has 2 N–H and O–H groups in total. The molecular formula is C14H11BrN4OS. The number of para-hydroxylation sites is 1. The lowest BCUT2D eigenvalue weighted by atomic mass is 10.3. The van der Waals surface area contributed by atoms with E-state index in [-0.39, 0.29) is 12.5 Å². The summed E-state index contributed by atoms with van der Waals surface area (Å²) in [4.78, 5) is 21.2. The van der Waals surface area contributed by atoms with Crippen molar-refractivity contribution >= 4 is 54.9 Å². The number of anilines is 2. The maximum Gasteiger partial charge on any atom is 0.243 e. The lowest BCUT2D eigenvalue weighted by molar-refractivity contribution is -0.114. The second-order valence-corrected chi connectivity index (χ2v) is 5.99. The number of benzene rings is 1. The molecule has 2 aromatic heterocycles. The predicted molar refractivity (Wildman–Crippen MR) is 88.7 cm³/mol. The topological polar surface area (TPSA) is 66.9 Å². The third kappa shape index (κ3) is 3.20. The molecule has 7 heteroatoms. The van der Waals surface area contributed by atoms with Crippen molar-refractivity contribution in [2.75, 3.05) is 17.2 Å². The number of carbonyl (C=O) groups is 1. The molecule has 0 saturated heterocycles. The Hall–Kier alpha value is -1.99. The quantitative estimate of drug-likeness (QED) is 0.745. The first-order valence-electron chi connectivity index (χ1n) is 6.20. The molecule has 2 heterocycles. The second kappa shape index (κ2) is 6.19. The lowest BCUT2D eigenvalue weighted by Gasteiger charge is -2.09. The molecule has 0 radical (unpaired) electrons. The molecule has 0 aliphatic carbocycles. The van der Waals surface area contributed by atoms with Crippen molar-refractivity contribution in [2.45, 2.75) is 0 Å². The van der Waals surface area contributed by atoms with E-state index in [4.69, 9.17) is 0 Å². The fraction of sp³-hybridized carbons (Fsp3) is 0.0714. The van der Waals surface area contributed by atoms with Crippen molar-refractivity contribution in [3.63, 3.8) is 0 Å². The van der Waals surface area contributed by atoms with Gasteiger partial charge in [0.15, 0.2) is 0 Å². The molecule has 106 valence electrons. The SMILES string of the molecule is O=C(CNc1ncnc2sccc12)Nc1ccccc1Br. The maximum absolute atomic E-state index is 12.0. The molecule has 3 rings (SSSR count). The molecule has 5 nitrogen and oxygen atoms in total. The number of hydrogen-bond acceptors (Lipinski definition) is 5. The number of amides is 1. The van der Waals surface area contributed by atoms with Gasteiger partial charge >= 0.3 is 0 Å². The van der Waals surface area contributed by atoms with Crippen molar-refractivity contribution in [2.24, 2.45) is 0 Å². The molecule has 0 aliphatic rings. The van der Waals surface area contributed by atoms with Gasteiger partial charge in [0.1, 0.15) is 17.0 Å². The van der Waals surface area contributed by atoms with Crippen molar-refractivity contribution in [1.29, 1.82) is 0 Å². The molecule has 0 aliphatic heterocycles. The summed E-state index contributed by atoms with van der Waals surface area (Å²) in [6, 6.07) is 9.42.